The van der Waals surface area contributed by atoms with Crippen LogP contribution in [-0.4, -0.2) is 52.2 Å². The number of urea groups is 1. The van der Waals surface area contributed by atoms with E-state index in [2.05, 4.69) is 51.6 Å². The van der Waals surface area contributed by atoms with Crippen molar-refractivity contribution in [2.75, 3.05) is 26.2 Å². The summed E-state index contributed by atoms with van der Waals surface area (Å²) in [6.45, 7) is 8.93. The van der Waals surface area contributed by atoms with Crippen molar-refractivity contribution in [1.82, 2.24) is 25.3 Å². The Kier molecular flexibility index (Phi) is 5.15. The van der Waals surface area contributed by atoms with E-state index in [4.69, 9.17) is 0 Å². The van der Waals surface area contributed by atoms with E-state index < -0.39 is 0 Å². The molecule has 1 aliphatic heterocycles. The minimum absolute atomic E-state index is 0.00569. The molecule has 1 aromatic heterocycles. The molecule has 1 aromatic carbocycles. The van der Waals surface area contributed by atoms with Crippen molar-refractivity contribution in [3.05, 3.63) is 52.8 Å². The third-order valence-corrected chi connectivity index (χ3v) is 4.68. The quantitative estimate of drug-likeness (QED) is 0.903. The third-order valence-electron chi connectivity index (χ3n) is 4.68. The van der Waals surface area contributed by atoms with Crippen molar-refractivity contribution >= 4 is 6.03 Å². The Bertz CT molecular complexity index is 688. The molecule has 0 radical (unpaired) electrons. The number of piperazine rings is 1. The zero-order valence-electron chi connectivity index (χ0n) is 14.4. The predicted molar refractivity (Wildman–Crippen MR) is 93.6 cm³/mol. The highest BCUT2D eigenvalue weighted by atomic mass is 16.2. The number of aryl methyl sites for hydroxylation is 2. The lowest BCUT2D eigenvalue weighted by atomic mass is 10.1. The van der Waals surface area contributed by atoms with Gasteiger partial charge in [0.2, 0.25) is 0 Å². The van der Waals surface area contributed by atoms with Crippen LogP contribution in [0.5, 0.6) is 0 Å². The van der Waals surface area contributed by atoms with Crippen LogP contribution in [0, 0.1) is 13.8 Å². The molecule has 0 atom stereocenters. The van der Waals surface area contributed by atoms with Gasteiger partial charge in [0.1, 0.15) is 0 Å². The average molecular weight is 327 g/mol. The van der Waals surface area contributed by atoms with Gasteiger partial charge in [-0.25, -0.2) is 4.79 Å². The number of hydrogen-bond acceptors (Lipinski definition) is 3. The Labute approximate surface area is 142 Å². The molecule has 1 fully saturated rings. The van der Waals surface area contributed by atoms with Crippen LogP contribution in [-0.2, 0) is 13.1 Å². The third kappa shape index (κ3) is 3.94. The van der Waals surface area contributed by atoms with Gasteiger partial charge in [-0.1, -0.05) is 24.3 Å². The Morgan fingerprint density at radius 1 is 1.17 bits per heavy atom. The Morgan fingerprint density at radius 2 is 1.92 bits per heavy atom. The summed E-state index contributed by atoms with van der Waals surface area (Å²) in [5, 5.41) is 9.83. The number of rotatable bonds is 4. The molecule has 2 aromatic rings. The lowest BCUT2D eigenvalue weighted by molar-refractivity contribution is 0.135. The minimum atomic E-state index is 0.00569. The van der Waals surface area contributed by atoms with Crippen LogP contribution in [0.3, 0.4) is 0 Å². The van der Waals surface area contributed by atoms with Gasteiger partial charge in [-0.05, 0) is 25.0 Å². The van der Waals surface area contributed by atoms with Crippen molar-refractivity contribution in [3.63, 3.8) is 0 Å². The topological polar surface area (TPSA) is 64.3 Å². The van der Waals surface area contributed by atoms with Gasteiger partial charge in [-0.15, -0.1) is 0 Å². The maximum atomic E-state index is 12.3. The number of hydrogen-bond donors (Lipinski definition) is 2. The van der Waals surface area contributed by atoms with Gasteiger partial charge in [0.15, 0.2) is 0 Å². The summed E-state index contributed by atoms with van der Waals surface area (Å²) in [6, 6.07) is 8.50. The second-order valence-electron chi connectivity index (χ2n) is 6.37. The molecular formula is C18H25N5O. The van der Waals surface area contributed by atoms with Gasteiger partial charge in [0.25, 0.3) is 0 Å². The van der Waals surface area contributed by atoms with E-state index in [0.29, 0.717) is 6.54 Å². The fourth-order valence-corrected chi connectivity index (χ4v) is 2.97. The van der Waals surface area contributed by atoms with Gasteiger partial charge in [0.05, 0.1) is 6.20 Å². The van der Waals surface area contributed by atoms with Crippen molar-refractivity contribution in [2.24, 2.45) is 0 Å². The van der Waals surface area contributed by atoms with E-state index >= 15 is 0 Å². The summed E-state index contributed by atoms with van der Waals surface area (Å²) in [5.74, 6) is 0. The van der Waals surface area contributed by atoms with Crippen LogP contribution in [0.4, 0.5) is 4.79 Å². The fourth-order valence-electron chi connectivity index (χ4n) is 2.97. The summed E-state index contributed by atoms with van der Waals surface area (Å²) in [5.41, 5.74) is 4.72. The number of aromatic nitrogens is 2. The highest BCUT2D eigenvalue weighted by Crippen LogP contribution is 2.12. The van der Waals surface area contributed by atoms with Crippen molar-refractivity contribution in [1.29, 1.82) is 0 Å². The predicted octanol–water partition coefficient (Wildman–Crippen LogP) is 2.05. The molecule has 0 spiro atoms. The number of carbonyl (C=O) groups is 1. The van der Waals surface area contributed by atoms with Gasteiger partial charge in [-0.3, -0.25) is 10.00 Å². The van der Waals surface area contributed by atoms with Gasteiger partial charge in [0, 0.05) is 50.5 Å². The maximum absolute atomic E-state index is 12.3. The van der Waals surface area contributed by atoms with Gasteiger partial charge < -0.3 is 10.2 Å². The first kappa shape index (κ1) is 16.5. The van der Waals surface area contributed by atoms with Crippen LogP contribution in [0.2, 0.25) is 0 Å². The summed E-state index contributed by atoms with van der Waals surface area (Å²) in [7, 11) is 0. The smallest absolute Gasteiger partial charge is 0.317 e. The second kappa shape index (κ2) is 7.49. The number of H-pyrrole nitrogens is 1. The zero-order chi connectivity index (χ0) is 16.9. The molecule has 1 aliphatic rings. The molecule has 24 heavy (non-hydrogen) atoms. The fraction of sp³-hybridized carbons (Fsp3) is 0.444. The largest absolute Gasteiger partial charge is 0.334 e. The highest BCUT2D eigenvalue weighted by Gasteiger charge is 2.21. The van der Waals surface area contributed by atoms with Crippen LogP contribution in [0.25, 0.3) is 0 Å². The number of aromatic amines is 1. The molecule has 0 aliphatic carbocycles. The van der Waals surface area contributed by atoms with Crippen molar-refractivity contribution < 1.29 is 4.79 Å². The molecule has 1 saturated heterocycles. The second-order valence-corrected chi connectivity index (χ2v) is 6.37. The first-order chi connectivity index (χ1) is 11.6. The number of nitrogens with one attached hydrogen (secondary N) is 2. The molecule has 3 rings (SSSR count). The summed E-state index contributed by atoms with van der Waals surface area (Å²) >= 11 is 0. The Morgan fingerprint density at radius 3 is 2.58 bits per heavy atom. The molecule has 6 nitrogen and oxygen atoms in total. The highest BCUT2D eigenvalue weighted by molar-refractivity contribution is 5.74. The summed E-state index contributed by atoms with van der Waals surface area (Å²) in [4.78, 5) is 16.6. The van der Waals surface area contributed by atoms with E-state index in [-0.39, 0.29) is 6.03 Å². The molecule has 2 heterocycles. The standard InChI is InChI=1S/C18H25N5O/c1-14-5-3-4-6-16(14)13-22-7-9-23(10-8-22)18(24)19-11-17-12-20-21-15(17)2/h3-6,12H,7-11,13H2,1-2H3,(H,19,24)(H,20,21). The Hall–Kier alpha value is -2.34. The van der Waals surface area contributed by atoms with E-state index in [9.17, 15) is 4.79 Å². The van der Waals surface area contributed by atoms with E-state index in [1.54, 1.807) is 6.20 Å². The van der Waals surface area contributed by atoms with Gasteiger partial charge in [-0.2, -0.15) is 5.10 Å². The van der Waals surface area contributed by atoms with E-state index in [1.807, 2.05) is 11.8 Å². The molecule has 0 saturated carbocycles. The van der Waals surface area contributed by atoms with Gasteiger partial charge >= 0.3 is 6.03 Å². The van der Waals surface area contributed by atoms with Crippen LogP contribution in [0.15, 0.2) is 30.5 Å². The lowest BCUT2D eigenvalue weighted by Crippen LogP contribution is -2.51. The van der Waals surface area contributed by atoms with Crippen molar-refractivity contribution in [3.8, 4) is 0 Å². The molecule has 6 heteroatoms. The number of carbonyl (C=O) groups excluding carboxylic acids is 1. The number of benzene rings is 1. The molecular weight excluding hydrogens is 302 g/mol. The minimum Gasteiger partial charge on any atom is -0.334 e. The zero-order valence-corrected chi connectivity index (χ0v) is 14.4. The first-order valence-corrected chi connectivity index (χ1v) is 8.42. The summed E-state index contributed by atoms with van der Waals surface area (Å²) < 4.78 is 0. The first-order valence-electron chi connectivity index (χ1n) is 8.42. The van der Waals surface area contributed by atoms with Crippen LogP contribution < -0.4 is 5.32 Å². The number of amides is 2. The van der Waals surface area contributed by atoms with E-state index in [1.165, 1.54) is 11.1 Å². The average Bonchev–Trinajstić information content (AvgIpc) is 3.00. The number of nitrogens with zero attached hydrogens (tertiary/aromatic N) is 3. The monoisotopic (exact) mass is 327 g/mol. The molecule has 128 valence electrons. The van der Waals surface area contributed by atoms with E-state index in [0.717, 1.165) is 44.0 Å². The maximum Gasteiger partial charge on any atom is 0.317 e. The van der Waals surface area contributed by atoms with Crippen LogP contribution in [0.1, 0.15) is 22.4 Å². The lowest BCUT2D eigenvalue weighted by Gasteiger charge is -2.35. The molecule has 2 amide bonds. The SMILES string of the molecule is Cc1ccccc1CN1CCN(C(=O)NCc2cn[nH]c2C)CC1. The Balaban J connectivity index is 1.45. The molecule has 2 N–H and O–H groups in total. The van der Waals surface area contributed by atoms with Crippen molar-refractivity contribution in [2.45, 2.75) is 26.9 Å². The van der Waals surface area contributed by atoms with Crippen LogP contribution >= 0.6 is 0 Å². The summed E-state index contributed by atoms with van der Waals surface area (Å²) in [6.07, 6.45) is 1.76. The molecule has 0 unspecified atom stereocenters. The molecule has 0 bridgehead atoms. The normalized spacial score (nSPS) is 15.5.